The molecule has 0 amide bonds. The van der Waals surface area contributed by atoms with Crippen molar-refractivity contribution in [1.29, 1.82) is 0 Å². The molecule has 1 aromatic carbocycles. The number of nitrogens with zero attached hydrogens (tertiary/aromatic N) is 1. The van der Waals surface area contributed by atoms with Gasteiger partial charge >= 0.3 is 0 Å². The van der Waals surface area contributed by atoms with Crippen LogP contribution in [0.25, 0.3) is 0 Å². The molecule has 0 heterocycles. The Morgan fingerprint density at radius 1 is 1.16 bits per heavy atom. The number of rotatable bonds is 8. The summed E-state index contributed by atoms with van der Waals surface area (Å²) < 4.78 is 5.16. The maximum Gasteiger partial charge on any atom is 0.118 e. The van der Waals surface area contributed by atoms with Gasteiger partial charge in [0, 0.05) is 13.1 Å². The monoisotopic (exact) mass is 264 g/mol. The number of nitrogens with one attached hydrogen (secondary N) is 1. The maximum absolute atomic E-state index is 5.16. The third-order valence-corrected chi connectivity index (χ3v) is 3.10. The van der Waals surface area contributed by atoms with Crippen molar-refractivity contribution >= 4 is 0 Å². The molecule has 0 atom stereocenters. The van der Waals surface area contributed by atoms with E-state index in [1.165, 1.54) is 5.56 Å². The first kappa shape index (κ1) is 16.0. The van der Waals surface area contributed by atoms with E-state index < -0.39 is 0 Å². The van der Waals surface area contributed by atoms with Crippen LogP contribution in [0.5, 0.6) is 5.75 Å². The molecule has 1 N–H and O–H groups in total. The molecule has 3 nitrogen and oxygen atoms in total. The number of methoxy groups -OCH3 is 1. The van der Waals surface area contributed by atoms with Crippen molar-refractivity contribution in [3.05, 3.63) is 29.8 Å². The summed E-state index contributed by atoms with van der Waals surface area (Å²) in [5, 5.41) is 3.55. The fourth-order valence-corrected chi connectivity index (χ4v) is 2.36. The first-order valence-electron chi connectivity index (χ1n) is 6.91. The van der Waals surface area contributed by atoms with Crippen molar-refractivity contribution in [2.45, 2.75) is 20.3 Å². The van der Waals surface area contributed by atoms with Crippen LogP contribution in [0.2, 0.25) is 0 Å². The molecule has 108 valence electrons. The summed E-state index contributed by atoms with van der Waals surface area (Å²) in [5.74, 6) is 0.920. The first-order chi connectivity index (χ1) is 8.93. The normalized spacial score (nSPS) is 11.9. The van der Waals surface area contributed by atoms with Gasteiger partial charge in [0.2, 0.25) is 0 Å². The van der Waals surface area contributed by atoms with Gasteiger partial charge in [-0.05, 0) is 50.2 Å². The van der Waals surface area contributed by atoms with Crippen molar-refractivity contribution in [3.8, 4) is 5.75 Å². The topological polar surface area (TPSA) is 24.5 Å². The van der Waals surface area contributed by atoms with E-state index in [1.54, 1.807) is 7.11 Å². The molecule has 0 saturated heterocycles. The average molecular weight is 264 g/mol. The van der Waals surface area contributed by atoms with Gasteiger partial charge in [-0.3, -0.25) is 0 Å². The van der Waals surface area contributed by atoms with E-state index in [0.717, 1.165) is 31.8 Å². The molecule has 1 rings (SSSR count). The summed E-state index contributed by atoms with van der Waals surface area (Å²) in [6.07, 6.45) is 1.06. The molecule has 3 heteroatoms. The van der Waals surface area contributed by atoms with E-state index in [1.807, 2.05) is 12.1 Å². The van der Waals surface area contributed by atoms with Crippen molar-refractivity contribution in [2.24, 2.45) is 5.41 Å². The molecule has 0 aliphatic carbocycles. The van der Waals surface area contributed by atoms with Crippen molar-refractivity contribution in [2.75, 3.05) is 40.8 Å². The zero-order valence-corrected chi connectivity index (χ0v) is 13.0. The molecule has 0 unspecified atom stereocenters. The van der Waals surface area contributed by atoms with E-state index in [0.29, 0.717) is 5.41 Å². The van der Waals surface area contributed by atoms with E-state index >= 15 is 0 Å². The Labute approximate surface area is 118 Å². The van der Waals surface area contributed by atoms with Crippen LogP contribution >= 0.6 is 0 Å². The summed E-state index contributed by atoms with van der Waals surface area (Å²) in [4.78, 5) is 2.24. The predicted molar refractivity (Wildman–Crippen MR) is 81.9 cm³/mol. The lowest BCUT2D eigenvalue weighted by atomic mass is 9.93. The lowest BCUT2D eigenvalue weighted by molar-refractivity contribution is 0.233. The van der Waals surface area contributed by atoms with E-state index in [2.05, 4.69) is 50.3 Å². The third-order valence-electron chi connectivity index (χ3n) is 3.10. The fraction of sp³-hybridized carbons (Fsp3) is 0.625. The molecule has 0 radical (unpaired) electrons. The Bertz CT molecular complexity index is 358. The van der Waals surface area contributed by atoms with Crippen LogP contribution < -0.4 is 10.1 Å². The Morgan fingerprint density at radius 3 is 2.32 bits per heavy atom. The minimum absolute atomic E-state index is 0.309. The van der Waals surface area contributed by atoms with Gasteiger partial charge in [-0.25, -0.2) is 0 Å². The number of ether oxygens (including phenoxy) is 1. The zero-order valence-electron chi connectivity index (χ0n) is 13.0. The molecule has 0 fully saturated rings. The summed E-state index contributed by atoms with van der Waals surface area (Å²) in [5.41, 5.74) is 1.65. The largest absolute Gasteiger partial charge is 0.497 e. The van der Waals surface area contributed by atoms with Gasteiger partial charge in [-0.2, -0.15) is 0 Å². The van der Waals surface area contributed by atoms with Crippen LogP contribution in [0.4, 0.5) is 0 Å². The molecular weight excluding hydrogens is 236 g/mol. The van der Waals surface area contributed by atoms with Crippen molar-refractivity contribution in [3.63, 3.8) is 0 Å². The van der Waals surface area contributed by atoms with Gasteiger partial charge < -0.3 is 15.0 Å². The summed E-state index contributed by atoms with van der Waals surface area (Å²) in [7, 11) is 5.95. The first-order valence-corrected chi connectivity index (χ1v) is 6.91. The fourth-order valence-electron chi connectivity index (χ4n) is 2.36. The summed E-state index contributed by atoms with van der Waals surface area (Å²) in [6.45, 7) is 7.76. The van der Waals surface area contributed by atoms with Crippen LogP contribution in [0, 0.1) is 5.41 Å². The van der Waals surface area contributed by atoms with Gasteiger partial charge in [0.1, 0.15) is 5.75 Å². The molecule has 19 heavy (non-hydrogen) atoms. The Hall–Kier alpha value is -1.06. The molecule has 0 saturated carbocycles. The van der Waals surface area contributed by atoms with Crippen LogP contribution in [0.1, 0.15) is 19.4 Å². The Kier molecular flexibility index (Phi) is 6.32. The summed E-state index contributed by atoms with van der Waals surface area (Å²) in [6, 6.07) is 8.30. The van der Waals surface area contributed by atoms with E-state index in [-0.39, 0.29) is 0 Å². The zero-order chi connectivity index (χ0) is 14.3. The van der Waals surface area contributed by atoms with Crippen molar-refractivity contribution in [1.82, 2.24) is 10.2 Å². The minimum atomic E-state index is 0.309. The minimum Gasteiger partial charge on any atom is -0.497 e. The number of benzene rings is 1. The second-order valence-corrected chi connectivity index (χ2v) is 6.18. The molecular formula is C16H28N2O. The second kappa shape index (κ2) is 7.51. The van der Waals surface area contributed by atoms with Crippen LogP contribution in [-0.2, 0) is 6.42 Å². The Morgan fingerprint density at radius 2 is 1.79 bits per heavy atom. The quantitative estimate of drug-likeness (QED) is 0.730. The van der Waals surface area contributed by atoms with Crippen LogP contribution in [0.15, 0.2) is 24.3 Å². The molecule has 0 bridgehead atoms. The maximum atomic E-state index is 5.16. The molecule has 0 aliphatic heterocycles. The van der Waals surface area contributed by atoms with Gasteiger partial charge in [-0.15, -0.1) is 0 Å². The van der Waals surface area contributed by atoms with E-state index in [4.69, 9.17) is 4.74 Å². The van der Waals surface area contributed by atoms with Gasteiger partial charge in [-0.1, -0.05) is 26.0 Å². The van der Waals surface area contributed by atoms with Crippen LogP contribution in [0.3, 0.4) is 0 Å². The molecule has 0 aromatic heterocycles. The van der Waals surface area contributed by atoms with E-state index in [9.17, 15) is 0 Å². The smallest absolute Gasteiger partial charge is 0.118 e. The molecule has 0 aliphatic rings. The third kappa shape index (κ3) is 6.60. The highest BCUT2D eigenvalue weighted by Crippen LogP contribution is 2.14. The highest BCUT2D eigenvalue weighted by atomic mass is 16.5. The van der Waals surface area contributed by atoms with Gasteiger partial charge in [0.05, 0.1) is 7.11 Å². The highest BCUT2D eigenvalue weighted by Gasteiger charge is 2.17. The SMILES string of the molecule is COc1ccc(CCNCC(C)(C)CN(C)C)cc1. The van der Waals surface area contributed by atoms with Crippen LogP contribution in [-0.4, -0.2) is 45.7 Å². The molecule has 1 aromatic rings. The second-order valence-electron chi connectivity index (χ2n) is 6.18. The highest BCUT2D eigenvalue weighted by molar-refractivity contribution is 5.27. The standard InChI is InChI=1S/C16H28N2O/c1-16(2,13-18(3)4)12-17-11-10-14-6-8-15(19-5)9-7-14/h6-9,17H,10-13H2,1-5H3. The number of hydrogen-bond donors (Lipinski definition) is 1. The molecule has 0 spiro atoms. The summed E-state index contributed by atoms with van der Waals surface area (Å²) >= 11 is 0. The average Bonchev–Trinajstić information content (AvgIpc) is 2.34. The Balaban J connectivity index is 2.26. The number of hydrogen-bond acceptors (Lipinski definition) is 3. The lowest BCUT2D eigenvalue weighted by Crippen LogP contribution is -2.38. The lowest BCUT2D eigenvalue weighted by Gasteiger charge is -2.28. The predicted octanol–water partition coefficient (Wildman–Crippen LogP) is 2.42. The van der Waals surface area contributed by atoms with Gasteiger partial charge in [0.25, 0.3) is 0 Å². The van der Waals surface area contributed by atoms with Crippen molar-refractivity contribution < 1.29 is 4.74 Å². The van der Waals surface area contributed by atoms with Gasteiger partial charge in [0.15, 0.2) is 0 Å².